The molecule has 0 bridgehead atoms. The van der Waals surface area contributed by atoms with Crippen molar-refractivity contribution in [1.82, 2.24) is 25.2 Å². The van der Waals surface area contributed by atoms with Crippen molar-refractivity contribution in [3.8, 4) is 0 Å². The Balaban J connectivity index is 2.01. The molecule has 1 unspecified atom stereocenters. The van der Waals surface area contributed by atoms with Gasteiger partial charge in [0.25, 0.3) is 0 Å². The topological polar surface area (TPSA) is 81.7 Å². The second-order valence-corrected chi connectivity index (χ2v) is 4.64. The lowest BCUT2D eigenvalue weighted by molar-refractivity contribution is 0.516. The van der Waals surface area contributed by atoms with Crippen LogP contribution in [0.5, 0.6) is 0 Å². The van der Waals surface area contributed by atoms with Gasteiger partial charge in [0.2, 0.25) is 0 Å². The summed E-state index contributed by atoms with van der Waals surface area (Å²) in [5.41, 5.74) is 3.76. The molecule has 20 heavy (non-hydrogen) atoms. The summed E-state index contributed by atoms with van der Waals surface area (Å²) in [5, 5.41) is 6.32. The van der Waals surface area contributed by atoms with E-state index in [2.05, 4.69) is 32.6 Å². The van der Waals surface area contributed by atoms with Gasteiger partial charge in [-0.05, 0) is 11.5 Å². The van der Waals surface area contributed by atoms with Gasteiger partial charge < -0.3 is 0 Å². The van der Waals surface area contributed by atoms with E-state index < -0.39 is 0 Å². The van der Waals surface area contributed by atoms with Gasteiger partial charge in [0.1, 0.15) is 12.2 Å². The third-order valence-corrected chi connectivity index (χ3v) is 3.43. The largest absolute Gasteiger partial charge is 0.271 e. The highest BCUT2D eigenvalue weighted by Gasteiger charge is 2.17. The van der Waals surface area contributed by atoms with Crippen molar-refractivity contribution in [3.63, 3.8) is 0 Å². The zero-order chi connectivity index (χ0) is 13.9. The van der Waals surface area contributed by atoms with Crippen LogP contribution in [0.15, 0.2) is 42.9 Å². The van der Waals surface area contributed by atoms with Gasteiger partial charge in [-0.25, -0.2) is 4.98 Å². The molecule has 0 saturated carbocycles. The zero-order valence-electron chi connectivity index (χ0n) is 11.2. The van der Waals surface area contributed by atoms with Crippen molar-refractivity contribution in [2.45, 2.75) is 12.5 Å². The average molecular weight is 268 g/mol. The Labute approximate surface area is 116 Å². The van der Waals surface area contributed by atoms with Crippen molar-refractivity contribution in [2.75, 3.05) is 0 Å². The number of hydrogen-bond donors (Lipinski definition) is 2. The van der Waals surface area contributed by atoms with Crippen LogP contribution in [0, 0.1) is 0 Å². The molecule has 3 rings (SSSR count). The minimum absolute atomic E-state index is 0.107. The fraction of sp³-hybridized carbons (Fsp3) is 0.214. The van der Waals surface area contributed by atoms with Crippen LogP contribution in [-0.4, -0.2) is 19.7 Å². The van der Waals surface area contributed by atoms with Crippen LogP contribution < -0.4 is 11.3 Å². The molecule has 0 aliphatic rings. The van der Waals surface area contributed by atoms with Gasteiger partial charge in [-0.1, -0.05) is 24.3 Å². The molecule has 3 aromatic rings. The number of hydrazine groups is 1. The highest BCUT2D eigenvalue weighted by Crippen LogP contribution is 2.23. The van der Waals surface area contributed by atoms with E-state index in [4.69, 9.17) is 5.84 Å². The van der Waals surface area contributed by atoms with Gasteiger partial charge in [0, 0.05) is 25.1 Å². The van der Waals surface area contributed by atoms with E-state index in [0.717, 1.165) is 22.3 Å². The molecule has 2 aromatic heterocycles. The number of fused-ring (bicyclic) bond motifs is 1. The molecule has 0 radical (unpaired) electrons. The van der Waals surface area contributed by atoms with E-state index in [0.29, 0.717) is 6.42 Å². The van der Waals surface area contributed by atoms with E-state index in [1.807, 2.05) is 25.2 Å². The minimum atomic E-state index is -0.107. The third kappa shape index (κ3) is 2.26. The minimum Gasteiger partial charge on any atom is -0.271 e. The Hall–Kier alpha value is -2.31. The normalized spacial score (nSPS) is 12.7. The van der Waals surface area contributed by atoms with E-state index >= 15 is 0 Å². The number of benzene rings is 1. The molecule has 6 nitrogen and oxygen atoms in total. The first-order chi connectivity index (χ1) is 9.79. The summed E-state index contributed by atoms with van der Waals surface area (Å²) in [7, 11) is 1.87. The molecule has 0 fully saturated rings. The average Bonchev–Trinajstić information content (AvgIpc) is 2.89. The summed E-state index contributed by atoms with van der Waals surface area (Å²) in [4.78, 5) is 8.73. The second kappa shape index (κ2) is 5.36. The fourth-order valence-electron chi connectivity index (χ4n) is 2.34. The van der Waals surface area contributed by atoms with Crippen LogP contribution in [0.4, 0.5) is 0 Å². The van der Waals surface area contributed by atoms with E-state index in [9.17, 15) is 0 Å². The van der Waals surface area contributed by atoms with Crippen molar-refractivity contribution >= 4 is 10.8 Å². The third-order valence-electron chi connectivity index (χ3n) is 3.43. The molecular formula is C14H16N6. The maximum atomic E-state index is 5.72. The number of nitrogens with one attached hydrogen (secondary N) is 1. The molecular weight excluding hydrogens is 252 g/mol. The molecule has 1 aromatic carbocycles. The van der Waals surface area contributed by atoms with Crippen LogP contribution in [0.3, 0.4) is 0 Å². The van der Waals surface area contributed by atoms with Crippen LogP contribution in [0.2, 0.25) is 0 Å². The predicted molar refractivity (Wildman–Crippen MR) is 76.5 cm³/mol. The highest BCUT2D eigenvalue weighted by atomic mass is 15.3. The summed E-state index contributed by atoms with van der Waals surface area (Å²) in [6.45, 7) is 0. The Morgan fingerprint density at radius 3 is 2.85 bits per heavy atom. The molecule has 1 atom stereocenters. The van der Waals surface area contributed by atoms with E-state index in [1.54, 1.807) is 17.2 Å². The maximum absolute atomic E-state index is 5.72. The van der Waals surface area contributed by atoms with Crippen molar-refractivity contribution in [2.24, 2.45) is 12.9 Å². The summed E-state index contributed by atoms with van der Waals surface area (Å²) < 4.78 is 1.75. The predicted octanol–water partition coefficient (Wildman–Crippen LogP) is 1.11. The van der Waals surface area contributed by atoms with Gasteiger partial charge in [-0.15, -0.1) is 0 Å². The van der Waals surface area contributed by atoms with Crippen molar-refractivity contribution in [3.05, 3.63) is 54.4 Å². The molecule has 0 saturated heterocycles. The van der Waals surface area contributed by atoms with Gasteiger partial charge in [0.05, 0.1) is 11.7 Å². The van der Waals surface area contributed by atoms with Crippen LogP contribution in [-0.2, 0) is 13.5 Å². The van der Waals surface area contributed by atoms with Crippen molar-refractivity contribution in [1.29, 1.82) is 0 Å². The quantitative estimate of drug-likeness (QED) is 0.547. The summed E-state index contributed by atoms with van der Waals surface area (Å²) in [5.74, 6) is 6.58. The van der Waals surface area contributed by atoms with Crippen LogP contribution in [0.1, 0.15) is 17.6 Å². The van der Waals surface area contributed by atoms with Gasteiger partial charge in [0.15, 0.2) is 0 Å². The maximum Gasteiger partial charge on any atom is 0.138 e. The number of hydrogen-bond acceptors (Lipinski definition) is 5. The Kier molecular flexibility index (Phi) is 3.41. The molecule has 2 heterocycles. The first-order valence-electron chi connectivity index (χ1n) is 6.42. The number of nitrogens with zero attached hydrogens (tertiary/aromatic N) is 4. The fourth-order valence-corrected chi connectivity index (χ4v) is 2.34. The van der Waals surface area contributed by atoms with E-state index in [1.165, 1.54) is 0 Å². The standard InChI is InChI=1S/C14H16N6/c1-20-13(17-9-18-20)8-12(19-15)14-11-5-3-2-4-10(11)6-7-16-14/h2-7,9,12,19H,8,15H2,1H3. The monoisotopic (exact) mass is 268 g/mol. The molecule has 3 N–H and O–H groups in total. The Bertz CT molecular complexity index is 715. The van der Waals surface area contributed by atoms with Gasteiger partial charge in [-0.2, -0.15) is 5.10 Å². The van der Waals surface area contributed by atoms with Crippen LogP contribution >= 0.6 is 0 Å². The second-order valence-electron chi connectivity index (χ2n) is 4.64. The first-order valence-corrected chi connectivity index (χ1v) is 6.42. The first kappa shape index (κ1) is 12.7. The molecule has 102 valence electrons. The number of rotatable bonds is 4. The lowest BCUT2D eigenvalue weighted by atomic mass is 10.0. The SMILES string of the molecule is Cn1ncnc1CC(NN)c1nccc2ccccc12. The number of nitrogens with two attached hydrogens (primary N) is 1. The zero-order valence-corrected chi connectivity index (χ0v) is 11.2. The number of pyridine rings is 1. The number of aryl methyl sites for hydroxylation is 1. The molecule has 0 spiro atoms. The Morgan fingerprint density at radius 2 is 2.10 bits per heavy atom. The summed E-state index contributed by atoms with van der Waals surface area (Å²) in [6.07, 6.45) is 3.98. The van der Waals surface area contributed by atoms with Gasteiger partial charge >= 0.3 is 0 Å². The molecule has 0 aliphatic heterocycles. The number of aromatic nitrogens is 4. The molecule has 0 amide bonds. The molecule has 6 heteroatoms. The lowest BCUT2D eigenvalue weighted by Crippen LogP contribution is -2.31. The van der Waals surface area contributed by atoms with Crippen molar-refractivity contribution < 1.29 is 0 Å². The summed E-state index contributed by atoms with van der Waals surface area (Å²) >= 11 is 0. The van der Waals surface area contributed by atoms with Gasteiger partial charge in [-0.3, -0.25) is 20.9 Å². The van der Waals surface area contributed by atoms with Crippen LogP contribution in [0.25, 0.3) is 10.8 Å². The lowest BCUT2D eigenvalue weighted by Gasteiger charge is -2.16. The Morgan fingerprint density at radius 1 is 1.25 bits per heavy atom. The molecule has 0 aliphatic carbocycles. The van der Waals surface area contributed by atoms with E-state index in [-0.39, 0.29) is 6.04 Å². The highest BCUT2D eigenvalue weighted by molar-refractivity contribution is 5.84. The summed E-state index contributed by atoms with van der Waals surface area (Å²) in [6, 6.07) is 10.0. The smallest absolute Gasteiger partial charge is 0.138 e.